The van der Waals surface area contributed by atoms with Crippen LogP contribution in [-0.4, -0.2) is 10.2 Å². The average molecular weight is 377 g/mol. The summed E-state index contributed by atoms with van der Waals surface area (Å²) in [6.07, 6.45) is 0. The van der Waals surface area contributed by atoms with Gasteiger partial charge in [-0.3, -0.25) is 4.79 Å². The second-order valence-corrected chi connectivity index (χ2v) is 5.13. The highest BCUT2D eigenvalue weighted by Gasteiger charge is 2.01. The first-order chi connectivity index (χ1) is 7.15. The first kappa shape index (κ1) is 10.8. The van der Waals surface area contributed by atoms with Gasteiger partial charge in [-0.25, -0.2) is 5.10 Å². The maximum atomic E-state index is 10.9. The Labute approximate surface area is 108 Å². The Balaban J connectivity index is 2.53. The van der Waals surface area contributed by atoms with E-state index in [0.717, 1.165) is 19.3 Å². The Hall–Kier alpha value is -0.690. The molecule has 0 radical (unpaired) electrons. The summed E-state index contributed by atoms with van der Waals surface area (Å²) < 4.78 is 2.11. The van der Waals surface area contributed by atoms with E-state index < -0.39 is 0 Å². The summed E-state index contributed by atoms with van der Waals surface area (Å²) in [5, 5.41) is 6.38. The molecular weight excluding hydrogens is 371 g/mol. The summed E-state index contributed by atoms with van der Waals surface area (Å²) in [7, 11) is 0. The van der Waals surface area contributed by atoms with Gasteiger partial charge in [0.1, 0.15) is 0 Å². The number of aromatic nitrogens is 2. The monoisotopic (exact) mass is 376 g/mol. The third-order valence-corrected chi connectivity index (χ3v) is 2.92. The molecule has 0 atom stereocenters. The molecule has 5 heteroatoms. The van der Waals surface area contributed by atoms with Gasteiger partial charge in [0.05, 0.1) is 5.69 Å². The highest BCUT2D eigenvalue weighted by molar-refractivity contribution is 14.1. The molecule has 1 aromatic heterocycles. The van der Waals surface area contributed by atoms with Crippen LogP contribution in [0.4, 0.5) is 0 Å². The molecule has 0 aliphatic rings. The van der Waals surface area contributed by atoms with Crippen molar-refractivity contribution in [3.05, 3.63) is 48.7 Å². The summed E-state index contributed by atoms with van der Waals surface area (Å²) >= 11 is 5.66. The lowest BCUT2D eigenvalue weighted by atomic mass is 10.1. The smallest absolute Gasteiger partial charge is 0.264 e. The van der Waals surface area contributed by atoms with Gasteiger partial charge in [-0.05, 0) is 46.9 Å². The Morgan fingerprint density at radius 2 is 2.07 bits per heavy atom. The van der Waals surface area contributed by atoms with Crippen LogP contribution in [-0.2, 0) is 0 Å². The maximum Gasteiger partial charge on any atom is 0.264 e. The van der Waals surface area contributed by atoms with Gasteiger partial charge in [0.25, 0.3) is 5.56 Å². The zero-order valence-corrected chi connectivity index (χ0v) is 11.2. The van der Waals surface area contributed by atoms with Crippen LogP contribution >= 0.6 is 38.5 Å². The van der Waals surface area contributed by atoms with E-state index >= 15 is 0 Å². The molecule has 0 bridgehead atoms. The molecule has 1 heterocycles. The fraction of sp³-hybridized carbons (Fsp3) is 0. The molecule has 0 fully saturated rings. The van der Waals surface area contributed by atoms with E-state index in [1.54, 1.807) is 6.07 Å². The number of aromatic amines is 1. The Kier molecular flexibility index (Phi) is 3.20. The molecular formula is C10H6BrIN2O. The highest BCUT2D eigenvalue weighted by atomic mass is 127. The summed E-state index contributed by atoms with van der Waals surface area (Å²) in [6, 6.07) is 9.15. The van der Waals surface area contributed by atoms with Crippen LogP contribution in [0.15, 0.2) is 39.6 Å². The van der Waals surface area contributed by atoms with Crippen molar-refractivity contribution in [1.29, 1.82) is 0 Å². The topological polar surface area (TPSA) is 45.8 Å². The van der Waals surface area contributed by atoms with Gasteiger partial charge >= 0.3 is 0 Å². The molecule has 15 heavy (non-hydrogen) atoms. The van der Waals surface area contributed by atoms with Crippen molar-refractivity contribution in [3.63, 3.8) is 0 Å². The summed E-state index contributed by atoms with van der Waals surface area (Å²) in [5.74, 6) is 0. The van der Waals surface area contributed by atoms with E-state index in [9.17, 15) is 4.79 Å². The van der Waals surface area contributed by atoms with Crippen LogP contribution < -0.4 is 5.56 Å². The van der Waals surface area contributed by atoms with Crippen molar-refractivity contribution < 1.29 is 0 Å². The van der Waals surface area contributed by atoms with Gasteiger partial charge in [-0.15, -0.1) is 0 Å². The molecule has 0 amide bonds. The quantitative estimate of drug-likeness (QED) is 0.778. The van der Waals surface area contributed by atoms with Gasteiger partial charge in [0, 0.05) is 19.7 Å². The summed E-state index contributed by atoms with van der Waals surface area (Å²) in [6.45, 7) is 0. The molecule has 1 N–H and O–H groups in total. The van der Waals surface area contributed by atoms with Crippen LogP contribution in [0.25, 0.3) is 11.3 Å². The second-order valence-electron chi connectivity index (χ2n) is 2.96. The van der Waals surface area contributed by atoms with Crippen molar-refractivity contribution in [3.8, 4) is 11.3 Å². The van der Waals surface area contributed by atoms with E-state index in [-0.39, 0.29) is 5.56 Å². The van der Waals surface area contributed by atoms with E-state index in [0.29, 0.717) is 0 Å². The second kappa shape index (κ2) is 4.44. The van der Waals surface area contributed by atoms with E-state index in [4.69, 9.17) is 0 Å². The Morgan fingerprint density at radius 3 is 2.67 bits per heavy atom. The number of nitrogens with one attached hydrogen (secondary N) is 1. The number of rotatable bonds is 1. The van der Waals surface area contributed by atoms with Crippen molar-refractivity contribution >= 4 is 38.5 Å². The normalized spacial score (nSPS) is 10.3. The lowest BCUT2D eigenvalue weighted by Gasteiger charge is -2.01. The average Bonchev–Trinajstić information content (AvgIpc) is 2.17. The van der Waals surface area contributed by atoms with E-state index in [1.807, 2.05) is 18.2 Å². The van der Waals surface area contributed by atoms with Gasteiger partial charge in [-0.1, -0.05) is 15.9 Å². The number of benzene rings is 1. The number of hydrogen-bond acceptors (Lipinski definition) is 2. The summed E-state index contributed by atoms with van der Waals surface area (Å²) in [5.41, 5.74) is 1.54. The largest absolute Gasteiger partial charge is 0.268 e. The number of hydrogen-bond donors (Lipinski definition) is 1. The van der Waals surface area contributed by atoms with Crippen molar-refractivity contribution in [2.75, 3.05) is 0 Å². The van der Waals surface area contributed by atoms with Gasteiger partial charge < -0.3 is 0 Å². The zero-order chi connectivity index (χ0) is 10.8. The van der Waals surface area contributed by atoms with E-state index in [2.05, 4.69) is 48.7 Å². The van der Waals surface area contributed by atoms with Crippen molar-refractivity contribution in [2.45, 2.75) is 0 Å². The van der Waals surface area contributed by atoms with Crippen LogP contribution in [0.1, 0.15) is 0 Å². The number of halogens is 2. The molecule has 2 rings (SSSR count). The highest BCUT2D eigenvalue weighted by Crippen LogP contribution is 2.23. The van der Waals surface area contributed by atoms with Crippen LogP contribution in [0.5, 0.6) is 0 Å². The SMILES string of the molecule is O=c1ccc(-c2cc(Br)cc(I)c2)n[nH]1. The molecule has 3 nitrogen and oxygen atoms in total. The predicted octanol–water partition coefficient (Wildman–Crippen LogP) is 2.80. The summed E-state index contributed by atoms with van der Waals surface area (Å²) in [4.78, 5) is 10.9. The third kappa shape index (κ3) is 2.66. The van der Waals surface area contributed by atoms with Crippen molar-refractivity contribution in [2.24, 2.45) is 0 Å². The number of H-pyrrole nitrogens is 1. The lowest BCUT2D eigenvalue weighted by Crippen LogP contribution is -2.05. The first-order valence-electron chi connectivity index (χ1n) is 4.17. The Bertz CT molecular complexity index is 513. The lowest BCUT2D eigenvalue weighted by molar-refractivity contribution is 0.995. The standard InChI is InChI=1S/C10H6BrIN2O/c11-7-3-6(4-8(12)5-7)9-1-2-10(15)14-13-9/h1-5H,(H,14,15). The Morgan fingerprint density at radius 1 is 1.27 bits per heavy atom. The van der Waals surface area contributed by atoms with Crippen molar-refractivity contribution in [1.82, 2.24) is 10.2 Å². The minimum absolute atomic E-state index is 0.191. The molecule has 0 aliphatic heterocycles. The first-order valence-corrected chi connectivity index (χ1v) is 6.04. The molecule has 0 aliphatic carbocycles. The molecule has 0 saturated heterocycles. The fourth-order valence-electron chi connectivity index (χ4n) is 1.21. The molecule has 0 spiro atoms. The van der Waals surface area contributed by atoms with Crippen LogP contribution in [0.3, 0.4) is 0 Å². The third-order valence-electron chi connectivity index (χ3n) is 1.84. The predicted molar refractivity (Wildman–Crippen MR) is 70.7 cm³/mol. The molecule has 0 unspecified atom stereocenters. The van der Waals surface area contributed by atoms with Gasteiger partial charge in [-0.2, -0.15) is 5.10 Å². The maximum absolute atomic E-state index is 10.9. The zero-order valence-electron chi connectivity index (χ0n) is 7.50. The van der Waals surface area contributed by atoms with Crippen LogP contribution in [0.2, 0.25) is 0 Å². The number of nitrogens with zero attached hydrogens (tertiary/aromatic N) is 1. The molecule has 2 aromatic rings. The minimum atomic E-state index is -0.191. The van der Waals surface area contributed by atoms with Gasteiger partial charge in [0.15, 0.2) is 0 Å². The fourth-order valence-corrected chi connectivity index (χ4v) is 2.80. The van der Waals surface area contributed by atoms with E-state index in [1.165, 1.54) is 6.07 Å². The van der Waals surface area contributed by atoms with Crippen LogP contribution in [0, 0.1) is 3.57 Å². The molecule has 76 valence electrons. The molecule has 0 saturated carbocycles. The van der Waals surface area contributed by atoms with Gasteiger partial charge in [0.2, 0.25) is 0 Å². The minimum Gasteiger partial charge on any atom is -0.268 e. The molecule has 1 aromatic carbocycles.